The van der Waals surface area contributed by atoms with Crippen LogP contribution >= 0.6 is 0 Å². The van der Waals surface area contributed by atoms with Crippen molar-refractivity contribution < 1.29 is 9.90 Å². The second-order valence-corrected chi connectivity index (χ2v) is 4.70. The minimum Gasteiger partial charge on any atom is -0.508 e. The molecule has 0 saturated carbocycles. The molecule has 2 atom stereocenters. The van der Waals surface area contributed by atoms with Crippen LogP contribution in [0.1, 0.15) is 18.4 Å². The molecule has 0 amide bonds. The fourth-order valence-electron chi connectivity index (χ4n) is 2.79. The van der Waals surface area contributed by atoms with E-state index in [2.05, 4.69) is 12.2 Å². The number of phenols is 1. The van der Waals surface area contributed by atoms with Crippen LogP contribution < -0.4 is 0 Å². The van der Waals surface area contributed by atoms with Crippen molar-refractivity contribution in [2.24, 2.45) is 11.8 Å². The van der Waals surface area contributed by atoms with E-state index >= 15 is 0 Å². The quantitative estimate of drug-likeness (QED) is 0.747. The summed E-state index contributed by atoms with van der Waals surface area (Å²) in [6.45, 7) is 0. The number of aromatic hydroxyl groups is 1. The first kappa shape index (κ1) is 10.3. The number of allylic oxidation sites excluding steroid dienone is 4. The largest absolute Gasteiger partial charge is 0.508 e. The van der Waals surface area contributed by atoms with Crippen LogP contribution in [0.15, 0.2) is 42.5 Å². The van der Waals surface area contributed by atoms with Crippen LogP contribution in [-0.2, 0) is 4.79 Å². The van der Waals surface area contributed by atoms with E-state index in [0.29, 0.717) is 5.92 Å². The van der Waals surface area contributed by atoms with Crippen LogP contribution in [0.2, 0.25) is 0 Å². The second kappa shape index (κ2) is 3.88. The highest BCUT2D eigenvalue weighted by Gasteiger charge is 2.36. The number of hydrogen-bond acceptors (Lipinski definition) is 2. The van der Waals surface area contributed by atoms with Crippen LogP contribution in [0.25, 0.3) is 5.57 Å². The molecule has 0 spiro atoms. The summed E-state index contributed by atoms with van der Waals surface area (Å²) >= 11 is 0. The molecule has 2 aliphatic rings. The van der Waals surface area contributed by atoms with Crippen molar-refractivity contribution in [1.29, 1.82) is 0 Å². The van der Waals surface area contributed by atoms with Crippen molar-refractivity contribution in [2.75, 3.05) is 0 Å². The lowest BCUT2D eigenvalue weighted by Gasteiger charge is -2.23. The Hall–Kier alpha value is -1.83. The molecule has 3 rings (SSSR count). The minimum atomic E-state index is 0.142. The third-order valence-electron chi connectivity index (χ3n) is 3.70. The number of fused-ring (bicyclic) bond motifs is 1. The van der Waals surface area contributed by atoms with Gasteiger partial charge in [-0.1, -0.05) is 24.3 Å². The van der Waals surface area contributed by atoms with E-state index in [-0.39, 0.29) is 17.5 Å². The van der Waals surface area contributed by atoms with Gasteiger partial charge in [-0.2, -0.15) is 0 Å². The summed E-state index contributed by atoms with van der Waals surface area (Å²) in [4.78, 5) is 11.9. The molecular weight excluding hydrogens is 212 g/mol. The van der Waals surface area contributed by atoms with Crippen molar-refractivity contribution in [3.05, 3.63) is 48.1 Å². The summed E-state index contributed by atoms with van der Waals surface area (Å²) in [7, 11) is 0. The smallest absolute Gasteiger partial charge is 0.159 e. The van der Waals surface area contributed by atoms with E-state index in [9.17, 15) is 9.90 Å². The average molecular weight is 226 g/mol. The van der Waals surface area contributed by atoms with Crippen LogP contribution in [0.4, 0.5) is 0 Å². The number of ketones is 1. The molecule has 2 heteroatoms. The molecule has 0 bridgehead atoms. The predicted molar refractivity (Wildman–Crippen MR) is 66.4 cm³/mol. The standard InChI is InChI=1S/C15H14O2/c16-11-7-5-10(6-8-11)14-9-15(17)13-4-2-1-3-12(13)14/h1-2,5-9,12-13,16H,3-4H2. The molecule has 0 aromatic heterocycles. The molecule has 0 radical (unpaired) electrons. The zero-order valence-corrected chi connectivity index (χ0v) is 9.47. The van der Waals surface area contributed by atoms with Gasteiger partial charge in [-0.3, -0.25) is 4.79 Å². The molecule has 2 nitrogen and oxygen atoms in total. The van der Waals surface area contributed by atoms with Crippen LogP contribution in [0.5, 0.6) is 5.75 Å². The molecule has 0 aliphatic heterocycles. The normalized spacial score (nSPS) is 26.8. The Labute approximate surface area is 100 Å². The first-order valence-corrected chi connectivity index (χ1v) is 5.95. The van der Waals surface area contributed by atoms with Crippen LogP contribution in [0, 0.1) is 11.8 Å². The van der Waals surface area contributed by atoms with Crippen molar-refractivity contribution in [2.45, 2.75) is 12.8 Å². The highest BCUT2D eigenvalue weighted by atomic mass is 16.3. The predicted octanol–water partition coefficient (Wildman–Crippen LogP) is 2.94. The molecule has 17 heavy (non-hydrogen) atoms. The Morgan fingerprint density at radius 1 is 1.00 bits per heavy atom. The van der Waals surface area contributed by atoms with E-state index in [1.807, 2.05) is 12.1 Å². The number of hydrogen-bond donors (Lipinski definition) is 1. The number of carbonyl (C=O) groups excluding carboxylic acids is 1. The lowest BCUT2D eigenvalue weighted by molar-refractivity contribution is -0.118. The van der Waals surface area contributed by atoms with E-state index in [1.54, 1.807) is 18.2 Å². The number of phenolic OH excluding ortho intramolecular Hbond substituents is 1. The van der Waals surface area contributed by atoms with Gasteiger partial charge >= 0.3 is 0 Å². The summed E-state index contributed by atoms with van der Waals surface area (Å²) in [5.41, 5.74) is 2.18. The third kappa shape index (κ3) is 1.70. The summed E-state index contributed by atoms with van der Waals surface area (Å²) in [6, 6.07) is 7.11. The molecule has 0 fully saturated rings. The molecule has 1 aromatic carbocycles. The van der Waals surface area contributed by atoms with Gasteiger partial charge in [0.15, 0.2) is 5.78 Å². The molecule has 0 heterocycles. The van der Waals surface area contributed by atoms with Crippen molar-refractivity contribution >= 4 is 11.4 Å². The van der Waals surface area contributed by atoms with Crippen molar-refractivity contribution in [1.82, 2.24) is 0 Å². The summed E-state index contributed by atoms with van der Waals surface area (Å²) in [6.07, 6.45) is 7.86. The van der Waals surface area contributed by atoms with E-state index in [4.69, 9.17) is 0 Å². The van der Waals surface area contributed by atoms with Crippen molar-refractivity contribution in [3.8, 4) is 5.75 Å². The first-order chi connectivity index (χ1) is 8.25. The number of rotatable bonds is 1. The van der Waals surface area contributed by atoms with E-state index in [1.165, 1.54) is 0 Å². The van der Waals surface area contributed by atoms with Gasteiger partial charge in [0.2, 0.25) is 0 Å². The average Bonchev–Trinajstić information content (AvgIpc) is 2.69. The number of carbonyl (C=O) groups is 1. The first-order valence-electron chi connectivity index (χ1n) is 5.95. The Morgan fingerprint density at radius 2 is 1.65 bits per heavy atom. The monoisotopic (exact) mass is 226 g/mol. The molecule has 2 aliphatic carbocycles. The second-order valence-electron chi connectivity index (χ2n) is 4.70. The summed E-state index contributed by atoms with van der Waals surface area (Å²) in [5.74, 6) is 0.988. The lowest BCUT2D eigenvalue weighted by atomic mass is 9.80. The van der Waals surface area contributed by atoms with Crippen molar-refractivity contribution in [3.63, 3.8) is 0 Å². The third-order valence-corrected chi connectivity index (χ3v) is 3.70. The number of benzene rings is 1. The summed E-state index contributed by atoms with van der Waals surface area (Å²) < 4.78 is 0. The molecule has 86 valence electrons. The van der Waals surface area contributed by atoms with Gasteiger partial charge in [-0.15, -0.1) is 0 Å². The SMILES string of the molecule is O=C1C=C(c2ccc(O)cc2)C2CC=CCC12. The van der Waals surface area contributed by atoms with Gasteiger partial charge in [0, 0.05) is 5.92 Å². The lowest BCUT2D eigenvalue weighted by Crippen LogP contribution is -2.18. The minimum absolute atomic E-state index is 0.142. The fourth-order valence-corrected chi connectivity index (χ4v) is 2.79. The maximum Gasteiger partial charge on any atom is 0.159 e. The maximum atomic E-state index is 11.9. The summed E-state index contributed by atoms with van der Waals surface area (Å²) in [5, 5.41) is 9.29. The van der Waals surface area contributed by atoms with Crippen LogP contribution in [-0.4, -0.2) is 10.9 Å². The van der Waals surface area contributed by atoms with Gasteiger partial charge in [0.25, 0.3) is 0 Å². The van der Waals surface area contributed by atoms with Gasteiger partial charge in [0.05, 0.1) is 0 Å². The highest BCUT2D eigenvalue weighted by molar-refractivity contribution is 6.04. The van der Waals surface area contributed by atoms with Gasteiger partial charge in [-0.05, 0) is 48.1 Å². The topological polar surface area (TPSA) is 37.3 Å². The Balaban J connectivity index is 1.98. The zero-order valence-electron chi connectivity index (χ0n) is 9.47. The Kier molecular flexibility index (Phi) is 2.36. The fraction of sp³-hybridized carbons (Fsp3) is 0.267. The van der Waals surface area contributed by atoms with E-state index in [0.717, 1.165) is 24.0 Å². The maximum absolute atomic E-state index is 11.9. The zero-order chi connectivity index (χ0) is 11.8. The molecular formula is C15H14O2. The molecule has 1 aromatic rings. The van der Waals surface area contributed by atoms with Gasteiger partial charge in [-0.25, -0.2) is 0 Å². The molecule has 0 saturated heterocycles. The van der Waals surface area contributed by atoms with Gasteiger partial charge < -0.3 is 5.11 Å². The Bertz CT molecular complexity index is 508. The van der Waals surface area contributed by atoms with E-state index < -0.39 is 0 Å². The van der Waals surface area contributed by atoms with Crippen LogP contribution in [0.3, 0.4) is 0 Å². The molecule has 1 N–H and O–H groups in total. The van der Waals surface area contributed by atoms with Gasteiger partial charge in [0.1, 0.15) is 5.75 Å². The Morgan fingerprint density at radius 3 is 2.35 bits per heavy atom. The molecule has 2 unspecified atom stereocenters. The highest BCUT2D eigenvalue weighted by Crippen LogP contribution is 2.42.